The van der Waals surface area contributed by atoms with Crippen molar-refractivity contribution in [3.8, 4) is 5.82 Å². The van der Waals surface area contributed by atoms with Gasteiger partial charge in [0.2, 0.25) is 11.8 Å². The molecule has 7 nitrogen and oxygen atoms in total. The molecule has 0 aliphatic carbocycles. The largest absolute Gasteiger partial charge is 0.352 e. The van der Waals surface area contributed by atoms with E-state index in [4.69, 9.17) is 0 Å². The molecule has 3 rings (SSSR count). The molecular weight excluding hydrogens is 294 g/mol. The van der Waals surface area contributed by atoms with E-state index in [2.05, 4.69) is 15.4 Å². The Morgan fingerprint density at radius 1 is 1.39 bits per heavy atom. The fraction of sp³-hybridized carbons (Fsp3) is 0.375. The highest BCUT2D eigenvalue weighted by Gasteiger charge is 2.33. The zero-order valence-electron chi connectivity index (χ0n) is 13.0. The van der Waals surface area contributed by atoms with Gasteiger partial charge in [0.05, 0.1) is 5.92 Å². The second-order valence-corrected chi connectivity index (χ2v) is 5.49. The lowest BCUT2D eigenvalue weighted by atomic mass is 10.1. The molecule has 0 radical (unpaired) electrons. The Kier molecular flexibility index (Phi) is 4.36. The Hall–Kier alpha value is -2.70. The maximum Gasteiger partial charge on any atom is 0.225 e. The first-order valence-corrected chi connectivity index (χ1v) is 7.68. The number of nitrogens with zero attached hydrogens (tertiary/aromatic N) is 4. The molecule has 2 amide bonds. The van der Waals surface area contributed by atoms with Gasteiger partial charge >= 0.3 is 0 Å². The van der Waals surface area contributed by atoms with Crippen molar-refractivity contribution in [2.24, 2.45) is 5.92 Å². The van der Waals surface area contributed by atoms with Crippen molar-refractivity contribution in [1.82, 2.24) is 25.0 Å². The van der Waals surface area contributed by atoms with Gasteiger partial charge < -0.3 is 10.2 Å². The van der Waals surface area contributed by atoms with E-state index in [9.17, 15) is 9.59 Å². The molecule has 0 saturated carbocycles. The van der Waals surface area contributed by atoms with Gasteiger partial charge in [-0.2, -0.15) is 5.10 Å². The van der Waals surface area contributed by atoms with Crippen LogP contribution in [-0.4, -0.2) is 44.6 Å². The monoisotopic (exact) mass is 313 g/mol. The van der Waals surface area contributed by atoms with Crippen molar-refractivity contribution in [2.45, 2.75) is 19.9 Å². The van der Waals surface area contributed by atoms with E-state index in [1.807, 2.05) is 31.3 Å². The number of hydrogen-bond acceptors (Lipinski definition) is 4. The highest BCUT2D eigenvalue weighted by Crippen LogP contribution is 2.18. The van der Waals surface area contributed by atoms with Gasteiger partial charge in [0.1, 0.15) is 0 Å². The van der Waals surface area contributed by atoms with Gasteiger partial charge in [-0.05, 0) is 19.1 Å². The van der Waals surface area contributed by atoms with Gasteiger partial charge in [-0.1, -0.05) is 6.07 Å². The van der Waals surface area contributed by atoms with E-state index in [-0.39, 0.29) is 17.7 Å². The number of carbonyl (C=O) groups is 2. The zero-order chi connectivity index (χ0) is 16.2. The Labute approximate surface area is 134 Å². The average molecular weight is 313 g/mol. The van der Waals surface area contributed by atoms with Crippen LogP contribution < -0.4 is 5.32 Å². The van der Waals surface area contributed by atoms with Crippen molar-refractivity contribution in [2.75, 3.05) is 13.1 Å². The molecule has 7 heteroatoms. The minimum atomic E-state index is -0.271. The molecule has 1 atom stereocenters. The van der Waals surface area contributed by atoms with Crippen LogP contribution in [0.5, 0.6) is 0 Å². The highest BCUT2D eigenvalue weighted by molar-refractivity contribution is 5.89. The van der Waals surface area contributed by atoms with E-state index in [0.717, 1.165) is 5.56 Å². The predicted octanol–water partition coefficient (Wildman–Crippen LogP) is 0.752. The molecule has 2 aromatic heterocycles. The fourth-order valence-electron chi connectivity index (χ4n) is 2.75. The molecule has 1 fully saturated rings. The lowest BCUT2D eigenvalue weighted by molar-refractivity contribution is -0.128. The van der Waals surface area contributed by atoms with Gasteiger partial charge in [0.25, 0.3) is 0 Å². The SMILES string of the molecule is CCN1C[C@@H](C(=O)NCc2cccnc2-n2cccn2)CC1=O. The van der Waals surface area contributed by atoms with Crippen LogP contribution in [0.25, 0.3) is 5.82 Å². The smallest absolute Gasteiger partial charge is 0.225 e. The summed E-state index contributed by atoms with van der Waals surface area (Å²) in [6, 6.07) is 5.55. The number of pyridine rings is 1. The molecule has 0 unspecified atom stereocenters. The third-order valence-corrected chi connectivity index (χ3v) is 4.01. The Bertz CT molecular complexity index is 698. The quantitative estimate of drug-likeness (QED) is 0.883. The maximum absolute atomic E-state index is 12.3. The Morgan fingerprint density at radius 3 is 2.96 bits per heavy atom. The van der Waals surface area contributed by atoms with E-state index in [0.29, 0.717) is 31.9 Å². The van der Waals surface area contributed by atoms with Crippen LogP contribution in [0.4, 0.5) is 0 Å². The van der Waals surface area contributed by atoms with Crippen molar-refractivity contribution in [3.05, 3.63) is 42.4 Å². The predicted molar refractivity (Wildman–Crippen MR) is 83.6 cm³/mol. The highest BCUT2D eigenvalue weighted by atomic mass is 16.2. The molecule has 2 aromatic rings. The molecule has 1 saturated heterocycles. The first-order chi connectivity index (χ1) is 11.2. The molecule has 0 spiro atoms. The van der Waals surface area contributed by atoms with Crippen LogP contribution in [0.15, 0.2) is 36.8 Å². The number of carbonyl (C=O) groups excluding carboxylic acids is 2. The third-order valence-electron chi connectivity index (χ3n) is 4.01. The Balaban J connectivity index is 1.65. The van der Waals surface area contributed by atoms with Crippen LogP contribution >= 0.6 is 0 Å². The number of nitrogens with one attached hydrogen (secondary N) is 1. The van der Waals surface area contributed by atoms with Gasteiger partial charge in [0.15, 0.2) is 5.82 Å². The first kappa shape index (κ1) is 15.2. The number of likely N-dealkylation sites (tertiary alicyclic amines) is 1. The van der Waals surface area contributed by atoms with Gasteiger partial charge in [-0.25, -0.2) is 9.67 Å². The summed E-state index contributed by atoms with van der Waals surface area (Å²) in [5.41, 5.74) is 0.876. The first-order valence-electron chi connectivity index (χ1n) is 7.68. The second-order valence-electron chi connectivity index (χ2n) is 5.49. The Morgan fingerprint density at radius 2 is 2.26 bits per heavy atom. The van der Waals surface area contributed by atoms with E-state index in [1.165, 1.54) is 0 Å². The van der Waals surface area contributed by atoms with E-state index >= 15 is 0 Å². The molecular formula is C16H19N5O2. The minimum absolute atomic E-state index is 0.0475. The van der Waals surface area contributed by atoms with Crippen molar-refractivity contribution >= 4 is 11.8 Å². The zero-order valence-corrected chi connectivity index (χ0v) is 13.0. The lowest BCUT2D eigenvalue weighted by Gasteiger charge is -2.14. The third kappa shape index (κ3) is 3.23. The molecule has 120 valence electrons. The maximum atomic E-state index is 12.3. The number of rotatable bonds is 5. The van der Waals surface area contributed by atoms with Gasteiger partial charge in [-0.3, -0.25) is 9.59 Å². The van der Waals surface area contributed by atoms with Gasteiger partial charge in [-0.15, -0.1) is 0 Å². The average Bonchev–Trinajstić information content (AvgIpc) is 3.22. The van der Waals surface area contributed by atoms with Crippen molar-refractivity contribution < 1.29 is 9.59 Å². The van der Waals surface area contributed by atoms with Crippen LogP contribution in [0.1, 0.15) is 18.9 Å². The number of amides is 2. The summed E-state index contributed by atoms with van der Waals surface area (Å²) in [6.07, 6.45) is 5.47. The number of aromatic nitrogens is 3. The molecule has 3 heterocycles. The number of hydrogen-bond donors (Lipinski definition) is 1. The molecule has 1 N–H and O–H groups in total. The van der Waals surface area contributed by atoms with E-state index in [1.54, 1.807) is 22.0 Å². The summed E-state index contributed by atoms with van der Waals surface area (Å²) < 4.78 is 1.67. The standard InChI is InChI=1S/C16H19N5O2/c1-2-20-11-13(9-14(20)22)16(23)18-10-12-5-3-6-17-15(12)21-8-4-7-19-21/h3-8,13H,2,9-11H2,1H3,(H,18,23)/t13-/m0/s1. The minimum Gasteiger partial charge on any atom is -0.352 e. The summed E-state index contributed by atoms with van der Waals surface area (Å²) in [5, 5.41) is 7.08. The molecule has 1 aliphatic rings. The summed E-state index contributed by atoms with van der Waals surface area (Å²) in [7, 11) is 0. The van der Waals surface area contributed by atoms with E-state index < -0.39 is 0 Å². The van der Waals surface area contributed by atoms with Crippen molar-refractivity contribution in [1.29, 1.82) is 0 Å². The van der Waals surface area contributed by atoms with Crippen LogP contribution in [0, 0.1) is 5.92 Å². The normalized spacial score (nSPS) is 17.5. The second kappa shape index (κ2) is 6.60. The topological polar surface area (TPSA) is 80.1 Å². The summed E-state index contributed by atoms with van der Waals surface area (Å²) in [5.74, 6) is 0.374. The van der Waals surface area contributed by atoms with Crippen LogP contribution in [0.3, 0.4) is 0 Å². The van der Waals surface area contributed by atoms with Crippen molar-refractivity contribution in [3.63, 3.8) is 0 Å². The fourth-order valence-corrected chi connectivity index (χ4v) is 2.75. The van der Waals surface area contributed by atoms with Crippen LogP contribution in [-0.2, 0) is 16.1 Å². The summed E-state index contributed by atoms with van der Waals surface area (Å²) >= 11 is 0. The van der Waals surface area contributed by atoms with Crippen LogP contribution in [0.2, 0.25) is 0 Å². The lowest BCUT2D eigenvalue weighted by Crippen LogP contribution is -2.32. The molecule has 0 bridgehead atoms. The summed E-state index contributed by atoms with van der Waals surface area (Å²) in [6.45, 7) is 3.43. The van der Waals surface area contributed by atoms with Gasteiger partial charge in [0, 0.05) is 50.2 Å². The molecule has 0 aromatic carbocycles. The summed E-state index contributed by atoms with van der Waals surface area (Å²) in [4.78, 5) is 30.1. The molecule has 1 aliphatic heterocycles. The molecule has 23 heavy (non-hydrogen) atoms.